The summed E-state index contributed by atoms with van der Waals surface area (Å²) in [6.45, 7) is 2.16. The Bertz CT molecular complexity index is 1580. The topological polar surface area (TPSA) is 93.5 Å². The number of hydrogen-bond acceptors (Lipinski definition) is 4. The number of nitrogens with one attached hydrogen (secondary N) is 2. The van der Waals surface area contributed by atoms with Crippen molar-refractivity contribution in [3.63, 3.8) is 0 Å². The van der Waals surface area contributed by atoms with Crippen molar-refractivity contribution < 1.29 is 15.0 Å². The fourth-order valence-corrected chi connectivity index (χ4v) is 5.26. The molecule has 0 fully saturated rings. The van der Waals surface area contributed by atoms with E-state index in [0.29, 0.717) is 12.1 Å². The van der Waals surface area contributed by atoms with Crippen LogP contribution in [0.15, 0.2) is 36.4 Å². The molecule has 3 aromatic carbocycles. The Kier molecular flexibility index (Phi) is 3.95. The molecule has 7 nitrogen and oxygen atoms in total. The van der Waals surface area contributed by atoms with Crippen LogP contribution in [-0.4, -0.2) is 51.2 Å². The second-order valence-corrected chi connectivity index (χ2v) is 8.87. The Balaban J connectivity index is 1.82. The third-order valence-electron chi connectivity index (χ3n) is 6.56. The van der Waals surface area contributed by atoms with Crippen LogP contribution in [0.25, 0.3) is 43.6 Å². The molecule has 0 saturated carbocycles. The lowest BCUT2D eigenvalue weighted by Gasteiger charge is -2.12. The number of aromatic hydroxyl groups is 2. The summed E-state index contributed by atoms with van der Waals surface area (Å²) in [6, 6.07) is 10.7. The zero-order chi connectivity index (χ0) is 22.1. The minimum absolute atomic E-state index is 0.0999. The van der Waals surface area contributed by atoms with Gasteiger partial charge in [-0.2, -0.15) is 0 Å². The predicted molar refractivity (Wildman–Crippen MR) is 126 cm³/mol. The first-order valence-electron chi connectivity index (χ1n) is 10.8. The number of rotatable bonds is 4. The molecule has 7 heteroatoms. The number of H-pyrrole nitrogens is 1. The third-order valence-corrected chi connectivity index (χ3v) is 6.56. The van der Waals surface area contributed by atoms with Gasteiger partial charge in [0, 0.05) is 45.7 Å². The fourth-order valence-electron chi connectivity index (χ4n) is 5.26. The normalized spacial score (nSPS) is 13.8. The van der Waals surface area contributed by atoms with Gasteiger partial charge < -0.3 is 30.0 Å². The molecule has 162 valence electrons. The highest BCUT2D eigenvalue weighted by Gasteiger charge is 2.30. The van der Waals surface area contributed by atoms with Crippen molar-refractivity contribution in [1.82, 2.24) is 19.8 Å². The number of amides is 1. The maximum absolute atomic E-state index is 13.0. The fraction of sp³-hybridized carbons (Fsp3) is 0.240. The average Bonchev–Trinajstić information content (AvgIpc) is 3.39. The zero-order valence-electron chi connectivity index (χ0n) is 18.0. The summed E-state index contributed by atoms with van der Waals surface area (Å²) < 4.78 is 2.26. The van der Waals surface area contributed by atoms with E-state index < -0.39 is 0 Å². The van der Waals surface area contributed by atoms with E-state index in [1.807, 2.05) is 12.1 Å². The molecule has 0 atom stereocenters. The molecule has 0 unspecified atom stereocenters. The van der Waals surface area contributed by atoms with Crippen LogP contribution in [0.4, 0.5) is 0 Å². The molecule has 0 radical (unpaired) electrons. The molecular formula is C25H24N4O3. The van der Waals surface area contributed by atoms with E-state index in [-0.39, 0.29) is 17.4 Å². The van der Waals surface area contributed by atoms with E-state index in [1.54, 1.807) is 24.3 Å². The molecule has 0 bridgehead atoms. The Hall–Kier alpha value is -3.71. The van der Waals surface area contributed by atoms with Crippen molar-refractivity contribution in [2.24, 2.45) is 0 Å². The van der Waals surface area contributed by atoms with Crippen molar-refractivity contribution in [1.29, 1.82) is 0 Å². The van der Waals surface area contributed by atoms with Crippen molar-refractivity contribution in [2.75, 3.05) is 20.6 Å². The SMILES string of the molecule is CN(C)CCCn1c2ccc(O)cc2c2c3c(c4c5cc(O)ccc5[nH]c4c21)CNC3=O. The van der Waals surface area contributed by atoms with Gasteiger partial charge in [-0.1, -0.05) is 0 Å². The molecule has 0 spiro atoms. The zero-order valence-corrected chi connectivity index (χ0v) is 18.0. The van der Waals surface area contributed by atoms with Crippen LogP contribution < -0.4 is 5.32 Å². The first kappa shape index (κ1) is 19.0. The summed E-state index contributed by atoms with van der Waals surface area (Å²) in [5, 5.41) is 27.0. The molecule has 1 aliphatic rings. The quantitative estimate of drug-likeness (QED) is 0.348. The van der Waals surface area contributed by atoms with E-state index in [1.165, 1.54) is 0 Å². The van der Waals surface area contributed by atoms with Crippen LogP contribution >= 0.6 is 0 Å². The summed E-state index contributed by atoms with van der Waals surface area (Å²) in [4.78, 5) is 18.8. The number of nitrogens with zero attached hydrogens (tertiary/aromatic N) is 2. The standard InChI is InChI=1S/C25H24N4O3/c1-28(2)8-3-9-29-19-7-5-14(31)11-16(19)21-22-17(12-26-25(22)32)20-15-10-13(30)4-6-18(15)27-23(20)24(21)29/h4-7,10-11,27,30-31H,3,8-9,12H2,1-2H3,(H,26,32). The molecular weight excluding hydrogens is 404 g/mol. The third kappa shape index (κ3) is 2.54. The van der Waals surface area contributed by atoms with E-state index in [2.05, 4.69) is 33.9 Å². The number of phenolic OH excluding ortho intramolecular Hbond substituents is 2. The number of aromatic nitrogens is 2. The number of hydrogen-bond donors (Lipinski definition) is 4. The van der Waals surface area contributed by atoms with Crippen LogP contribution in [0, 0.1) is 0 Å². The van der Waals surface area contributed by atoms with Gasteiger partial charge in [0.15, 0.2) is 0 Å². The van der Waals surface area contributed by atoms with Crippen molar-refractivity contribution in [3.8, 4) is 11.5 Å². The minimum Gasteiger partial charge on any atom is -0.508 e. The highest BCUT2D eigenvalue weighted by molar-refractivity contribution is 6.30. The Labute approximate surface area is 183 Å². The smallest absolute Gasteiger partial charge is 0.252 e. The Morgan fingerprint density at radius 2 is 1.78 bits per heavy atom. The number of carbonyl (C=O) groups excluding carboxylic acids is 1. The Morgan fingerprint density at radius 1 is 1.03 bits per heavy atom. The number of aryl methyl sites for hydroxylation is 1. The van der Waals surface area contributed by atoms with Crippen molar-refractivity contribution in [2.45, 2.75) is 19.5 Å². The average molecular weight is 428 g/mol. The largest absolute Gasteiger partial charge is 0.508 e. The summed E-state index contributed by atoms with van der Waals surface area (Å²) in [6.07, 6.45) is 0.943. The lowest BCUT2D eigenvalue weighted by molar-refractivity contribution is 0.0967. The van der Waals surface area contributed by atoms with Gasteiger partial charge in [0.1, 0.15) is 11.5 Å². The lowest BCUT2D eigenvalue weighted by Crippen LogP contribution is -2.15. The molecule has 32 heavy (non-hydrogen) atoms. The number of benzene rings is 3. The number of aromatic amines is 1. The van der Waals surface area contributed by atoms with Crippen LogP contribution in [0.5, 0.6) is 11.5 Å². The molecule has 0 aliphatic carbocycles. The summed E-state index contributed by atoms with van der Waals surface area (Å²) in [7, 11) is 4.12. The van der Waals surface area contributed by atoms with Gasteiger partial charge in [-0.05, 0) is 69.0 Å². The molecule has 1 aliphatic heterocycles. The van der Waals surface area contributed by atoms with E-state index in [0.717, 1.165) is 68.7 Å². The summed E-state index contributed by atoms with van der Waals surface area (Å²) >= 11 is 0. The molecule has 0 saturated heterocycles. The van der Waals surface area contributed by atoms with Crippen LogP contribution in [0.1, 0.15) is 22.3 Å². The molecule has 3 heterocycles. The molecule has 4 N–H and O–H groups in total. The van der Waals surface area contributed by atoms with Gasteiger partial charge in [-0.3, -0.25) is 4.79 Å². The summed E-state index contributed by atoms with van der Waals surface area (Å²) in [5.74, 6) is 0.275. The highest BCUT2D eigenvalue weighted by Crippen LogP contribution is 2.44. The van der Waals surface area contributed by atoms with Crippen LogP contribution in [0.3, 0.4) is 0 Å². The number of fused-ring (bicyclic) bond motifs is 10. The highest BCUT2D eigenvalue weighted by atomic mass is 16.3. The lowest BCUT2D eigenvalue weighted by atomic mass is 9.97. The van der Waals surface area contributed by atoms with E-state index in [4.69, 9.17) is 0 Å². The molecule has 1 amide bonds. The van der Waals surface area contributed by atoms with Gasteiger partial charge in [0.2, 0.25) is 0 Å². The minimum atomic E-state index is -0.0999. The van der Waals surface area contributed by atoms with Crippen molar-refractivity contribution in [3.05, 3.63) is 47.5 Å². The number of carbonyl (C=O) groups is 1. The van der Waals surface area contributed by atoms with Gasteiger partial charge in [-0.15, -0.1) is 0 Å². The van der Waals surface area contributed by atoms with Gasteiger partial charge >= 0.3 is 0 Å². The van der Waals surface area contributed by atoms with Gasteiger partial charge in [0.25, 0.3) is 5.91 Å². The van der Waals surface area contributed by atoms with Crippen molar-refractivity contribution >= 4 is 49.5 Å². The summed E-state index contributed by atoms with van der Waals surface area (Å²) in [5.41, 5.74) is 5.43. The van der Waals surface area contributed by atoms with Gasteiger partial charge in [0.05, 0.1) is 16.6 Å². The van der Waals surface area contributed by atoms with Crippen LogP contribution in [-0.2, 0) is 13.1 Å². The number of phenols is 2. The maximum atomic E-state index is 13.0. The maximum Gasteiger partial charge on any atom is 0.252 e. The second-order valence-electron chi connectivity index (χ2n) is 8.87. The predicted octanol–water partition coefficient (Wildman–Crippen LogP) is 4.04. The molecule has 6 rings (SSSR count). The molecule has 5 aromatic rings. The van der Waals surface area contributed by atoms with Gasteiger partial charge in [-0.25, -0.2) is 0 Å². The first-order valence-corrected chi connectivity index (χ1v) is 10.8. The second kappa shape index (κ2) is 6.64. The molecule has 2 aromatic heterocycles. The first-order chi connectivity index (χ1) is 15.4. The van der Waals surface area contributed by atoms with Crippen LogP contribution in [0.2, 0.25) is 0 Å². The van der Waals surface area contributed by atoms with E-state index in [9.17, 15) is 15.0 Å². The monoisotopic (exact) mass is 428 g/mol. The van der Waals surface area contributed by atoms with E-state index >= 15 is 0 Å². The Morgan fingerprint density at radius 3 is 2.56 bits per heavy atom.